The number of hydrogen-bond acceptors (Lipinski definition) is 3. The molecule has 0 aromatic heterocycles. The van der Waals surface area contributed by atoms with Gasteiger partial charge in [-0.15, -0.1) is 0 Å². The van der Waals surface area contributed by atoms with Gasteiger partial charge in [-0.3, -0.25) is 9.59 Å². The molecule has 0 bridgehead atoms. The maximum atomic E-state index is 12.9. The number of nitrogens with zero attached hydrogens (tertiary/aromatic N) is 1. The van der Waals surface area contributed by atoms with Crippen molar-refractivity contribution in [3.63, 3.8) is 0 Å². The number of anilines is 1. The highest BCUT2D eigenvalue weighted by Crippen LogP contribution is 2.34. The van der Waals surface area contributed by atoms with Crippen LogP contribution < -0.4 is 11.1 Å². The summed E-state index contributed by atoms with van der Waals surface area (Å²) in [6, 6.07) is 9.52. The van der Waals surface area contributed by atoms with Gasteiger partial charge in [-0.05, 0) is 44.7 Å². The Hall–Kier alpha value is -1.88. The van der Waals surface area contributed by atoms with Crippen LogP contribution in [0.25, 0.3) is 0 Å². The number of para-hydroxylation sites is 1. The number of likely N-dealkylation sites (tertiary alicyclic amines) is 1. The predicted molar refractivity (Wildman–Crippen MR) is 98.9 cm³/mol. The van der Waals surface area contributed by atoms with Gasteiger partial charge in [0.15, 0.2) is 0 Å². The van der Waals surface area contributed by atoms with Crippen LogP contribution >= 0.6 is 0 Å². The van der Waals surface area contributed by atoms with Gasteiger partial charge in [0, 0.05) is 30.2 Å². The van der Waals surface area contributed by atoms with Crippen molar-refractivity contribution in [2.75, 3.05) is 18.4 Å². The summed E-state index contributed by atoms with van der Waals surface area (Å²) in [6.07, 6.45) is 5.44. The lowest BCUT2D eigenvalue weighted by Gasteiger charge is -2.41. The van der Waals surface area contributed by atoms with E-state index in [0.717, 1.165) is 44.2 Å². The van der Waals surface area contributed by atoms with E-state index >= 15 is 0 Å². The first-order valence-electron chi connectivity index (χ1n) is 9.41. The van der Waals surface area contributed by atoms with Crippen LogP contribution in [0.4, 0.5) is 5.69 Å². The number of piperidine rings is 1. The van der Waals surface area contributed by atoms with Gasteiger partial charge in [-0.25, -0.2) is 0 Å². The Morgan fingerprint density at radius 2 is 1.80 bits per heavy atom. The van der Waals surface area contributed by atoms with Gasteiger partial charge < -0.3 is 16.0 Å². The van der Waals surface area contributed by atoms with Crippen LogP contribution in [-0.4, -0.2) is 35.3 Å². The summed E-state index contributed by atoms with van der Waals surface area (Å²) >= 11 is 0. The van der Waals surface area contributed by atoms with Gasteiger partial charge in [0.1, 0.15) is 0 Å². The summed E-state index contributed by atoms with van der Waals surface area (Å²) in [6.45, 7) is 3.31. The monoisotopic (exact) mass is 343 g/mol. The summed E-state index contributed by atoms with van der Waals surface area (Å²) in [4.78, 5) is 27.2. The van der Waals surface area contributed by atoms with E-state index in [-0.39, 0.29) is 23.7 Å². The lowest BCUT2D eigenvalue weighted by Crippen LogP contribution is -2.55. The second-order valence-electron chi connectivity index (χ2n) is 7.76. The SMILES string of the molecule is CC1(N)CCCCC1C(=O)N1CCC(C(=O)Nc2ccccc2)CC1. The molecular formula is C20H29N3O2. The van der Waals surface area contributed by atoms with Crippen molar-refractivity contribution in [1.82, 2.24) is 4.90 Å². The fraction of sp³-hybridized carbons (Fsp3) is 0.600. The Kier molecular flexibility index (Phi) is 5.42. The van der Waals surface area contributed by atoms with Crippen LogP contribution in [0.3, 0.4) is 0 Å². The highest BCUT2D eigenvalue weighted by Gasteiger charge is 2.40. The molecule has 3 N–H and O–H groups in total. The molecule has 1 saturated carbocycles. The predicted octanol–water partition coefficient (Wildman–Crippen LogP) is 2.77. The molecule has 1 aliphatic heterocycles. The number of nitrogens with one attached hydrogen (secondary N) is 1. The van der Waals surface area contributed by atoms with E-state index in [1.807, 2.05) is 42.2 Å². The molecule has 136 valence electrons. The summed E-state index contributed by atoms with van der Waals surface area (Å²) in [5.74, 6) is 0.141. The van der Waals surface area contributed by atoms with Crippen molar-refractivity contribution in [1.29, 1.82) is 0 Å². The molecule has 2 atom stereocenters. The molecule has 1 saturated heterocycles. The number of carbonyl (C=O) groups excluding carboxylic acids is 2. The third kappa shape index (κ3) is 4.21. The van der Waals surface area contributed by atoms with E-state index in [1.54, 1.807) is 0 Å². The van der Waals surface area contributed by atoms with Crippen molar-refractivity contribution in [3.8, 4) is 0 Å². The fourth-order valence-electron chi connectivity index (χ4n) is 4.11. The number of carbonyl (C=O) groups is 2. The van der Waals surface area contributed by atoms with E-state index in [4.69, 9.17) is 5.73 Å². The van der Waals surface area contributed by atoms with E-state index in [0.29, 0.717) is 13.1 Å². The first-order chi connectivity index (χ1) is 12.0. The van der Waals surface area contributed by atoms with Crippen molar-refractivity contribution >= 4 is 17.5 Å². The smallest absolute Gasteiger partial charge is 0.227 e. The standard InChI is InChI=1S/C20H29N3O2/c1-20(21)12-6-5-9-17(20)19(25)23-13-10-15(11-14-23)18(24)22-16-7-3-2-4-8-16/h2-4,7-8,15,17H,5-6,9-14,21H2,1H3,(H,22,24). The maximum Gasteiger partial charge on any atom is 0.227 e. The fourth-order valence-corrected chi connectivity index (χ4v) is 4.11. The normalized spacial score (nSPS) is 27.8. The maximum absolute atomic E-state index is 12.9. The molecule has 0 spiro atoms. The average Bonchev–Trinajstić information content (AvgIpc) is 2.62. The van der Waals surface area contributed by atoms with E-state index in [9.17, 15) is 9.59 Å². The highest BCUT2D eigenvalue weighted by molar-refractivity contribution is 5.92. The highest BCUT2D eigenvalue weighted by atomic mass is 16.2. The molecule has 25 heavy (non-hydrogen) atoms. The molecule has 1 aromatic rings. The molecule has 2 fully saturated rings. The lowest BCUT2D eigenvalue weighted by atomic mass is 9.73. The Morgan fingerprint density at radius 1 is 1.12 bits per heavy atom. The van der Waals surface area contributed by atoms with Crippen LogP contribution in [0, 0.1) is 11.8 Å². The van der Waals surface area contributed by atoms with Gasteiger partial charge in [-0.1, -0.05) is 31.0 Å². The second kappa shape index (κ2) is 7.56. The van der Waals surface area contributed by atoms with Crippen LogP contribution in [0.5, 0.6) is 0 Å². The average molecular weight is 343 g/mol. The molecule has 2 amide bonds. The van der Waals surface area contributed by atoms with Crippen molar-refractivity contribution in [3.05, 3.63) is 30.3 Å². The zero-order valence-electron chi connectivity index (χ0n) is 15.0. The van der Waals surface area contributed by atoms with Gasteiger partial charge in [0.05, 0.1) is 5.92 Å². The number of nitrogens with two attached hydrogens (primary N) is 1. The quantitative estimate of drug-likeness (QED) is 0.886. The minimum absolute atomic E-state index is 0.0279. The number of hydrogen-bond donors (Lipinski definition) is 2. The molecule has 2 unspecified atom stereocenters. The second-order valence-corrected chi connectivity index (χ2v) is 7.76. The van der Waals surface area contributed by atoms with Crippen LogP contribution in [0.1, 0.15) is 45.4 Å². The summed E-state index contributed by atoms with van der Waals surface area (Å²) in [7, 11) is 0. The Balaban J connectivity index is 1.53. The third-order valence-electron chi connectivity index (χ3n) is 5.77. The molecular weight excluding hydrogens is 314 g/mol. The topological polar surface area (TPSA) is 75.4 Å². The molecule has 1 aliphatic carbocycles. The van der Waals surface area contributed by atoms with Gasteiger partial charge >= 0.3 is 0 Å². The summed E-state index contributed by atoms with van der Waals surface area (Å²) < 4.78 is 0. The van der Waals surface area contributed by atoms with E-state index in [2.05, 4.69) is 5.32 Å². The van der Waals surface area contributed by atoms with Crippen molar-refractivity contribution in [2.24, 2.45) is 17.6 Å². The van der Waals surface area contributed by atoms with Crippen LogP contribution in [0.15, 0.2) is 30.3 Å². The Labute approximate surface area is 150 Å². The number of amides is 2. The number of rotatable bonds is 3. The van der Waals surface area contributed by atoms with Crippen LogP contribution in [0.2, 0.25) is 0 Å². The zero-order valence-corrected chi connectivity index (χ0v) is 15.0. The minimum Gasteiger partial charge on any atom is -0.342 e. The summed E-state index contributed by atoms with van der Waals surface area (Å²) in [5, 5.41) is 2.97. The molecule has 1 heterocycles. The molecule has 2 aliphatic rings. The lowest BCUT2D eigenvalue weighted by molar-refractivity contribution is -0.141. The summed E-state index contributed by atoms with van der Waals surface area (Å²) in [5.41, 5.74) is 6.81. The van der Waals surface area contributed by atoms with Gasteiger partial charge in [-0.2, -0.15) is 0 Å². The zero-order chi connectivity index (χ0) is 17.9. The molecule has 1 aromatic carbocycles. The van der Waals surface area contributed by atoms with E-state index in [1.165, 1.54) is 0 Å². The van der Waals surface area contributed by atoms with Gasteiger partial charge in [0.25, 0.3) is 0 Å². The first kappa shape index (κ1) is 17.9. The van der Waals surface area contributed by atoms with Crippen LogP contribution in [-0.2, 0) is 9.59 Å². The van der Waals surface area contributed by atoms with Crippen molar-refractivity contribution < 1.29 is 9.59 Å². The molecule has 5 nitrogen and oxygen atoms in total. The molecule has 0 radical (unpaired) electrons. The number of benzene rings is 1. The largest absolute Gasteiger partial charge is 0.342 e. The van der Waals surface area contributed by atoms with Crippen molar-refractivity contribution in [2.45, 2.75) is 51.0 Å². The molecule has 5 heteroatoms. The third-order valence-corrected chi connectivity index (χ3v) is 5.77. The van der Waals surface area contributed by atoms with Gasteiger partial charge in [0.2, 0.25) is 11.8 Å². The molecule has 3 rings (SSSR count). The van der Waals surface area contributed by atoms with E-state index < -0.39 is 5.54 Å². The first-order valence-corrected chi connectivity index (χ1v) is 9.41. The Bertz CT molecular complexity index is 607. The Morgan fingerprint density at radius 3 is 2.44 bits per heavy atom. The minimum atomic E-state index is -0.392.